The van der Waals surface area contributed by atoms with Crippen LogP contribution < -0.4 is 0 Å². The number of hydrogen-bond acceptors (Lipinski definition) is 4. The van der Waals surface area contributed by atoms with Gasteiger partial charge in [0.1, 0.15) is 0 Å². The number of nitro benzene ring substituents is 1. The predicted octanol–water partition coefficient (Wildman–Crippen LogP) is 2.20. The fraction of sp³-hybridized carbons (Fsp3) is 0.500. The SMILES string of the molecule is O=[N+]([O-])c1cccc(Cl)c1CN1CCC(O)CC1. The molecule has 2 rings (SSSR count). The summed E-state index contributed by atoms with van der Waals surface area (Å²) >= 11 is 6.04. The highest BCUT2D eigenvalue weighted by atomic mass is 35.5. The first-order valence-electron chi connectivity index (χ1n) is 5.90. The van der Waals surface area contributed by atoms with Crippen LogP contribution in [0.4, 0.5) is 5.69 Å². The lowest BCUT2D eigenvalue weighted by atomic mass is 10.1. The third kappa shape index (κ3) is 2.98. The Morgan fingerprint density at radius 1 is 1.44 bits per heavy atom. The van der Waals surface area contributed by atoms with Crippen molar-refractivity contribution in [3.63, 3.8) is 0 Å². The Hall–Kier alpha value is -1.17. The molecule has 1 aliphatic rings. The van der Waals surface area contributed by atoms with E-state index in [4.69, 9.17) is 11.6 Å². The monoisotopic (exact) mass is 270 g/mol. The number of aliphatic hydroxyl groups excluding tert-OH is 1. The molecule has 0 aliphatic carbocycles. The molecular weight excluding hydrogens is 256 g/mol. The molecule has 6 heteroatoms. The Morgan fingerprint density at radius 3 is 2.72 bits per heavy atom. The second-order valence-electron chi connectivity index (χ2n) is 4.50. The first-order chi connectivity index (χ1) is 8.58. The molecule has 0 spiro atoms. The normalized spacial score (nSPS) is 17.9. The number of likely N-dealkylation sites (tertiary alicyclic amines) is 1. The van der Waals surface area contributed by atoms with Crippen LogP contribution in [0.15, 0.2) is 18.2 Å². The van der Waals surface area contributed by atoms with Crippen LogP contribution in [0.5, 0.6) is 0 Å². The molecule has 0 saturated carbocycles. The third-order valence-corrected chi connectivity index (χ3v) is 3.58. The lowest BCUT2D eigenvalue weighted by Gasteiger charge is -2.29. The zero-order chi connectivity index (χ0) is 13.1. The van der Waals surface area contributed by atoms with E-state index in [2.05, 4.69) is 4.90 Å². The van der Waals surface area contributed by atoms with Crippen LogP contribution in [-0.2, 0) is 6.54 Å². The minimum absolute atomic E-state index is 0.0635. The summed E-state index contributed by atoms with van der Waals surface area (Å²) in [7, 11) is 0. The van der Waals surface area contributed by atoms with Gasteiger partial charge in [-0.2, -0.15) is 0 Å². The van der Waals surface area contributed by atoms with Crippen LogP contribution in [0.2, 0.25) is 5.02 Å². The fourth-order valence-electron chi connectivity index (χ4n) is 2.18. The summed E-state index contributed by atoms with van der Waals surface area (Å²) in [6.07, 6.45) is 1.17. The molecular formula is C12H15ClN2O3. The molecule has 1 aromatic rings. The molecule has 0 atom stereocenters. The highest BCUT2D eigenvalue weighted by Gasteiger charge is 2.22. The van der Waals surface area contributed by atoms with Gasteiger partial charge in [0.2, 0.25) is 0 Å². The van der Waals surface area contributed by atoms with Crippen molar-refractivity contribution in [1.82, 2.24) is 4.90 Å². The third-order valence-electron chi connectivity index (χ3n) is 3.23. The first-order valence-corrected chi connectivity index (χ1v) is 6.28. The molecule has 1 aromatic carbocycles. The highest BCUT2D eigenvalue weighted by Crippen LogP contribution is 2.28. The summed E-state index contributed by atoms with van der Waals surface area (Å²) in [6, 6.07) is 4.73. The van der Waals surface area contributed by atoms with Gasteiger partial charge >= 0.3 is 0 Å². The number of nitro groups is 1. The van der Waals surface area contributed by atoms with Crippen molar-refractivity contribution >= 4 is 17.3 Å². The number of hydrogen-bond donors (Lipinski definition) is 1. The number of halogens is 1. The highest BCUT2D eigenvalue weighted by molar-refractivity contribution is 6.31. The van der Waals surface area contributed by atoms with Crippen LogP contribution in [0.25, 0.3) is 0 Å². The van der Waals surface area contributed by atoms with Gasteiger partial charge in [-0.3, -0.25) is 15.0 Å². The summed E-state index contributed by atoms with van der Waals surface area (Å²) < 4.78 is 0. The van der Waals surface area contributed by atoms with E-state index in [-0.39, 0.29) is 11.8 Å². The molecule has 0 bridgehead atoms. The van der Waals surface area contributed by atoms with Crippen molar-refractivity contribution in [3.05, 3.63) is 38.9 Å². The van der Waals surface area contributed by atoms with E-state index < -0.39 is 4.92 Å². The zero-order valence-electron chi connectivity index (χ0n) is 9.88. The number of nitrogens with zero attached hydrogens (tertiary/aromatic N) is 2. The van der Waals surface area contributed by atoms with Crippen LogP contribution >= 0.6 is 11.6 Å². The molecule has 1 aliphatic heterocycles. The molecule has 1 fully saturated rings. The van der Waals surface area contributed by atoms with Crippen LogP contribution in [0, 0.1) is 10.1 Å². The molecule has 0 unspecified atom stereocenters. The van der Waals surface area contributed by atoms with E-state index in [0.29, 0.717) is 30.0 Å². The minimum atomic E-state index is -0.403. The average molecular weight is 271 g/mol. The van der Waals surface area contributed by atoms with E-state index in [0.717, 1.165) is 13.1 Å². The summed E-state index contributed by atoms with van der Waals surface area (Å²) in [4.78, 5) is 12.6. The summed E-state index contributed by atoms with van der Waals surface area (Å²) in [5.74, 6) is 0. The van der Waals surface area contributed by atoms with Gasteiger partial charge in [-0.15, -0.1) is 0 Å². The van der Waals surface area contributed by atoms with Gasteiger partial charge in [0.15, 0.2) is 0 Å². The molecule has 0 aromatic heterocycles. The quantitative estimate of drug-likeness (QED) is 0.675. The van der Waals surface area contributed by atoms with E-state index in [1.54, 1.807) is 12.1 Å². The molecule has 1 N–H and O–H groups in total. The van der Waals surface area contributed by atoms with Gasteiger partial charge < -0.3 is 5.11 Å². The zero-order valence-corrected chi connectivity index (χ0v) is 10.6. The van der Waals surface area contributed by atoms with Crippen molar-refractivity contribution in [2.24, 2.45) is 0 Å². The predicted molar refractivity (Wildman–Crippen MR) is 68.6 cm³/mol. The first kappa shape index (κ1) is 13.3. The summed E-state index contributed by atoms with van der Waals surface area (Å²) in [6.45, 7) is 1.94. The van der Waals surface area contributed by atoms with Crippen molar-refractivity contribution < 1.29 is 10.0 Å². The van der Waals surface area contributed by atoms with E-state index in [1.165, 1.54) is 6.07 Å². The lowest BCUT2D eigenvalue weighted by molar-refractivity contribution is -0.385. The average Bonchev–Trinajstić information content (AvgIpc) is 2.34. The maximum atomic E-state index is 11.0. The minimum Gasteiger partial charge on any atom is -0.393 e. The smallest absolute Gasteiger partial charge is 0.275 e. The Balaban J connectivity index is 2.15. The van der Waals surface area contributed by atoms with Crippen LogP contribution in [0.1, 0.15) is 18.4 Å². The largest absolute Gasteiger partial charge is 0.393 e. The van der Waals surface area contributed by atoms with Crippen molar-refractivity contribution in [2.75, 3.05) is 13.1 Å². The van der Waals surface area contributed by atoms with Gasteiger partial charge in [0.25, 0.3) is 5.69 Å². The standard InChI is InChI=1S/C12H15ClN2O3/c13-11-2-1-3-12(15(17)18)10(11)8-14-6-4-9(16)5-7-14/h1-3,9,16H,4-8H2. The molecule has 18 heavy (non-hydrogen) atoms. The molecule has 0 amide bonds. The van der Waals surface area contributed by atoms with Gasteiger partial charge in [-0.25, -0.2) is 0 Å². The molecule has 98 valence electrons. The Labute approximate surface area is 110 Å². The van der Waals surface area contributed by atoms with Gasteiger partial charge in [-0.05, 0) is 18.9 Å². The van der Waals surface area contributed by atoms with Gasteiger partial charge in [-0.1, -0.05) is 17.7 Å². The number of aliphatic hydroxyl groups is 1. The Morgan fingerprint density at radius 2 is 2.11 bits per heavy atom. The Bertz CT molecular complexity index is 445. The number of benzene rings is 1. The summed E-state index contributed by atoms with van der Waals surface area (Å²) in [5.41, 5.74) is 0.620. The second kappa shape index (κ2) is 5.65. The maximum absolute atomic E-state index is 11.0. The summed E-state index contributed by atoms with van der Waals surface area (Å²) in [5, 5.41) is 20.8. The molecule has 0 radical (unpaired) electrons. The second-order valence-corrected chi connectivity index (χ2v) is 4.91. The van der Waals surface area contributed by atoms with Crippen LogP contribution in [0.3, 0.4) is 0 Å². The molecule has 1 saturated heterocycles. The Kier molecular flexibility index (Phi) is 4.16. The molecule has 5 nitrogen and oxygen atoms in total. The van der Waals surface area contributed by atoms with Crippen molar-refractivity contribution in [2.45, 2.75) is 25.5 Å². The van der Waals surface area contributed by atoms with Gasteiger partial charge in [0.05, 0.1) is 21.6 Å². The lowest BCUT2D eigenvalue weighted by Crippen LogP contribution is -2.35. The van der Waals surface area contributed by atoms with E-state index in [1.807, 2.05) is 0 Å². The van der Waals surface area contributed by atoms with Crippen LogP contribution in [-0.4, -0.2) is 34.1 Å². The van der Waals surface area contributed by atoms with Crippen molar-refractivity contribution in [3.8, 4) is 0 Å². The van der Waals surface area contributed by atoms with E-state index in [9.17, 15) is 15.2 Å². The van der Waals surface area contributed by atoms with E-state index >= 15 is 0 Å². The maximum Gasteiger partial charge on any atom is 0.275 e. The van der Waals surface area contributed by atoms with Crippen molar-refractivity contribution in [1.29, 1.82) is 0 Å². The topological polar surface area (TPSA) is 66.6 Å². The fourth-order valence-corrected chi connectivity index (χ4v) is 2.41. The number of rotatable bonds is 3. The van der Waals surface area contributed by atoms with Gasteiger partial charge in [0, 0.05) is 25.7 Å². The molecule has 1 heterocycles. The number of piperidine rings is 1.